The van der Waals surface area contributed by atoms with Gasteiger partial charge in [0.25, 0.3) is 0 Å². The lowest BCUT2D eigenvalue weighted by atomic mass is 10.2. The number of rotatable bonds is 8. The van der Waals surface area contributed by atoms with Gasteiger partial charge in [-0.3, -0.25) is 0 Å². The summed E-state index contributed by atoms with van der Waals surface area (Å²) in [5, 5.41) is 9.23. The molecule has 0 fully saturated rings. The van der Waals surface area contributed by atoms with Crippen molar-refractivity contribution < 1.29 is 24.1 Å². The molecule has 0 aliphatic heterocycles. The van der Waals surface area contributed by atoms with Gasteiger partial charge in [-0.05, 0) is 56.2 Å². The molecule has 1 unspecified atom stereocenters. The minimum atomic E-state index is -0.347. The molecule has 1 N–H and O–H groups in total. The second kappa shape index (κ2) is 13.8. The fourth-order valence-corrected chi connectivity index (χ4v) is 2.21. The summed E-state index contributed by atoms with van der Waals surface area (Å²) in [4.78, 5) is 10.2. The molecule has 0 bridgehead atoms. The molecule has 0 aliphatic rings. The summed E-state index contributed by atoms with van der Waals surface area (Å²) < 4.78 is 15.2. The average molecular weight is 411 g/mol. The van der Waals surface area contributed by atoms with Gasteiger partial charge in [-0.25, -0.2) is 4.79 Å². The summed E-state index contributed by atoms with van der Waals surface area (Å²) in [6.45, 7) is 9.41. The fourth-order valence-electron chi connectivity index (χ4n) is 2.21. The number of esters is 1. The van der Waals surface area contributed by atoms with E-state index in [1.54, 1.807) is 19.1 Å². The van der Waals surface area contributed by atoms with Gasteiger partial charge in [0.05, 0.1) is 7.11 Å². The van der Waals surface area contributed by atoms with Crippen LogP contribution in [0.5, 0.6) is 11.5 Å². The van der Waals surface area contributed by atoms with Gasteiger partial charge in [0.2, 0.25) is 0 Å². The van der Waals surface area contributed by atoms with Crippen LogP contribution < -0.4 is 4.74 Å². The molecule has 30 heavy (non-hydrogen) atoms. The summed E-state index contributed by atoms with van der Waals surface area (Å²) in [5.41, 5.74) is 2.57. The molecule has 0 heterocycles. The van der Waals surface area contributed by atoms with Gasteiger partial charge < -0.3 is 19.3 Å². The molecule has 5 nitrogen and oxygen atoms in total. The van der Waals surface area contributed by atoms with Crippen molar-refractivity contribution in [2.24, 2.45) is 0 Å². The zero-order valence-electron chi connectivity index (χ0n) is 18.0. The van der Waals surface area contributed by atoms with Gasteiger partial charge in [0.1, 0.15) is 11.5 Å². The van der Waals surface area contributed by atoms with E-state index in [0.29, 0.717) is 12.2 Å². The van der Waals surface area contributed by atoms with E-state index >= 15 is 0 Å². The zero-order valence-corrected chi connectivity index (χ0v) is 18.0. The molecule has 2 aromatic carbocycles. The van der Waals surface area contributed by atoms with Crippen LogP contribution in [0.1, 0.15) is 31.9 Å². The Bertz CT molecular complexity index is 833. The van der Waals surface area contributed by atoms with Crippen LogP contribution in [-0.4, -0.2) is 31.1 Å². The molecule has 2 aromatic rings. The van der Waals surface area contributed by atoms with Crippen LogP contribution in [0, 0.1) is 0 Å². The number of carbonyl (C=O) groups excluding carboxylic acids is 1. The van der Waals surface area contributed by atoms with E-state index in [9.17, 15) is 9.90 Å². The van der Waals surface area contributed by atoms with Gasteiger partial charge in [0, 0.05) is 12.2 Å². The standard InChI is InChI=1S/C20H22O3.C5H8O2/c1-3-22-16(2)23-20-14-10-18(11-15-20)7-5-4-6-17-8-12-19(21)13-9-17;1-4(2)5(6)7-3/h4-16,21H,3H2,1-2H3;1H2,2-3H3. The highest BCUT2D eigenvalue weighted by molar-refractivity contribution is 5.86. The van der Waals surface area contributed by atoms with Crippen LogP contribution in [0.25, 0.3) is 12.2 Å². The number of allylic oxidation sites excluding steroid dienone is 2. The maximum absolute atomic E-state index is 10.2. The molecule has 0 saturated heterocycles. The third kappa shape index (κ3) is 10.3. The SMILES string of the molecule is C=C(C)C(=O)OC.CCOC(C)Oc1ccc(C=CC=Cc2ccc(O)cc2)cc1. The van der Waals surface area contributed by atoms with Crippen molar-refractivity contribution in [1.29, 1.82) is 0 Å². The fraction of sp³-hybridized carbons (Fsp3) is 0.240. The Morgan fingerprint density at radius 3 is 1.93 bits per heavy atom. The quantitative estimate of drug-likeness (QED) is 0.265. The first kappa shape index (κ1) is 24.7. The third-order valence-electron chi connectivity index (χ3n) is 3.70. The Labute approximate surface area is 178 Å². The second-order valence-corrected chi connectivity index (χ2v) is 6.29. The Hall–Kier alpha value is -3.31. The zero-order chi connectivity index (χ0) is 22.4. The van der Waals surface area contributed by atoms with Gasteiger partial charge in [0.15, 0.2) is 6.29 Å². The largest absolute Gasteiger partial charge is 0.508 e. The van der Waals surface area contributed by atoms with E-state index in [0.717, 1.165) is 16.9 Å². The lowest BCUT2D eigenvalue weighted by Gasteiger charge is -2.14. The van der Waals surface area contributed by atoms with Gasteiger partial charge in [-0.15, -0.1) is 0 Å². The van der Waals surface area contributed by atoms with Gasteiger partial charge >= 0.3 is 5.97 Å². The minimum Gasteiger partial charge on any atom is -0.508 e. The molecule has 1 atom stereocenters. The molecule has 160 valence electrons. The second-order valence-electron chi connectivity index (χ2n) is 6.29. The number of ether oxygens (including phenoxy) is 3. The van der Waals surface area contributed by atoms with E-state index < -0.39 is 0 Å². The van der Waals surface area contributed by atoms with Crippen LogP contribution >= 0.6 is 0 Å². The van der Waals surface area contributed by atoms with Gasteiger partial charge in [-0.1, -0.05) is 55.1 Å². The molecule has 2 rings (SSSR count). The minimum absolute atomic E-state index is 0.241. The van der Waals surface area contributed by atoms with E-state index in [1.807, 2.05) is 74.5 Å². The summed E-state index contributed by atoms with van der Waals surface area (Å²) in [5.74, 6) is 0.724. The molecule has 0 aliphatic carbocycles. The maximum atomic E-state index is 10.2. The molecule has 0 amide bonds. The number of hydrogen-bond acceptors (Lipinski definition) is 5. The molecule has 0 aromatic heterocycles. The molecule has 0 spiro atoms. The highest BCUT2D eigenvalue weighted by atomic mass is 16.7. The number of phenols is 1. The van der Waals surface area contributed by atoms with Crippen molar-refractivity contribution in [2.75, 3.05) is 13.7 Å². The number of methoxy groups -OCH3 is 1. The summed E-state index contributed by atoms with van der Waals surface area (Å²) in [6, 6.07) is 14.9. The molecule has 5 heteroatoms. The van der Waals surface area contributed by atoms with Crippen molar-refractivity contribution in [1.82, 2.24) is 0 Å². The Balaban J connectivity index is 0.000000553. The lowest BCUT2D eigenvalue weighted by molar-refractivity contribution is -0.136. The van der Waals surface area contributed by atoms with Crippen LogP contribution in [0.2, 0.25) is 0 Å². The summed E-state index contributed by atoms with van der Waals surface area (Å²) >= 11 is 0. The molecular formula is C25H30O5. The van der Waals surface area contributed by atoms with Crippen LogP contribution in [-0.2, 0) is 14.3 Å². The number of benzene rings is 2. The smallest absolute Gasteiger partial charge is 0.332 e. The van der Waals surface area contributed by atoms with Crippen LogP contribution in [0.3, 0.4) is 0 Å². The predicted molar refractivity (Wildman–Crippen MR) is 121 cm³/mol. The monoisotopic (exact) mass is 410 g/mol. The topological polar surface area (TPSA) is 65.0 Å². The van der Waals surface area contributed by atoms with Crippen LogP contribution in [0.15, 0.2) is 72.8 Å². The first-order valence-electron chi connectivity index (χ1n) is 9.61. The van der Waals surface area contributed by atoms with E-state index in [4.69, 9.17) is 9.47 Å². The lowest BCUT2D eigenvalue weighted by Crippen LogP contribution is -2.15. The molecule has 0 radical (unpaired) electrons. The Morgan fingerprint density at radius 1 is 1.03 bits per heavy atom. The van der Waals surface area contributed by atoms with E-state index in [-0.39, 0.29) is 18.0 Å². The number of aromatic hydroxyl groups is 1. The Kier molecular flexibility index (Phi) is 11.4. The van der Waals surface area contributed by atoms with Crippen LogP contribution in [0.4, 0.5) is 0 Å². The van der Waals surface area contributed by atoms with Crippen molar-refractivity contribution in [2.45, 2.75) is 27.1 Å². The van der Waals surface area contributed by atoms with Crippen molar-refractivity contribution in [3.63, 3.8) is 0 Å². The predicted octanol–water partition coefficient (Wildman–Crippen LogP) is 5.62. The number of carbonyl (C=O) groups is 1. The average Bonchev–Trinajstić information content (AvgIpc) is 2.73. The van der Waals surface area contributed by atoms with E-state index in [2.05, 4.69) is 11.3 Å². The summed E-state index contributed by atoms with van der Waals surface area (Å²) in [7, 11) is 1.33. The maximum Gasteiger partial charge on any atom is 0.332 e. The van der Waals surface area contributed by atoms with Crippen molar-refractivity contribution in [3.05, 3.63) is 84.0 Å². The third-order valence-corrected chi connectivity index (χ3v) is 3.70. The first-order chi connectivity index (χ1) is 14.3. The number of phenolic OH excluding ortho intramolecular Hbond substituents is 1. The first-order valence-corrected chi connectivity index (χ1v) is 9.61. The Morgan fingerprint density at radius 2 is 1.53 bits per heavy atom. The summed E-state index contributed by atoms with van der Waals surface area (Å²) in [6.07, 6.45) is 7.71. The van der Waals surface area contributed by atoms with Crippen molar-refractivity contribution >= 4 is 18.1 Å². The highest BCUT2D eigenvalue weighted by Crippen LogP contribution is 2.15. The molecular weight excluding hydrogens is 380 g/mol. The van der Waals surface area contributed by atoms with Gasteiger partial charge in [-0.2, -0.15) is 0 Å². The number of hydrogen-bond donors (Lipinski definition) is 1. The van der Waals surface area contributed by atoms with Crippen molar-refractivity contribution in [3.8, 4) is 11.5 Å². The highest BCUT2D eigenvalue weighted by Gasteiger charge is 2.01. The molecule has 0 saturated carbocycles. The normalized spacial score (nSPS) is 11.6. The van der Waals surface area contributed by atoms with E-state index in [1.165, 1.54) is 7.11 Å².